The summed E-state index contributed by atoms with van der Waals surface area (Å²) in [7, 11) is 0. The lowest BCUT2D eigenvalue weighted by Crippen LogP contribution is -2.32. The average molecular weight is 276 g/mol. The monoisotopic (exact) mass is 275 g/mol. The number of hydrogen-bond donors (Lipinski definition) is 0. The van der Waals surface area contributed by atoms with Gasteiger partial charge in [-0.15, -0.1) is 0 Å². The number of hydrogen-bond acceptors (Lipinski definition) is 3. The molecule has 0 aliphatic carbocycles. The summed E-state index contributed by atoms with van der Waals surface area (Å²) in [6.45, 7) is 0.946. The lowest BCUT2D eigenvalue weighted by Gasteiger charge is -2.17. The summed E-state index contributed by atoms with van der Waals surface area (Å²) >= 11 is 6.09. The van der Waals surface area contributed by atoms with E-state index < -0.39 is 11.7 Å². The zero-order chi connectivity index (χ0) is 13.4. The molecule has 1 aliphatic heterocycles. The van der Waals surface area contributed by atoms with Crippen LogP contribution in [-0.2, 0) is 11.3 Å². The van der Waals surface area contributed by atoms with E-state index in [-0.39, 0.29) is 0 Å². The number of benzene rings is 1. The minimum Gasteiger partial charge on any atom is -0.336 e. The van der Waals surface area contributed by atoms with Crippen molar-refractivity contribution >= 4 is 29.0 Å². The SMILES string of the molecule is O=C1C(=O)N(CCn2ccnc2)c2c(Cl)cccc21. The molecule has 19 heavy (non-hydrogen) atoms. The number of para-hydroxylation sites is 1. The van der Waals surface area contributed by atoms with Crippen LogP contribution in [0.25, 0.3) is 0 Å². The molecular formula is C13H10ClN3O2. The van der Waals surface area contributed by atoms with E-state index in [0.717, 1.165) is 0 Å². The molecule has 0 bridgehead atoms. The van der Waals surface area contributed by atoms with Crippen LogP contribution in [0.4, 0.5) is 5.69 Å². The molecule has 1 amide bonds. The van der Waals surface area contributed by atoms with Gasteiger partial charge >= 0.3 is 0 Å². The number of carbonyl (C=O) groups excluding carboxylic acids is 2. The molecule has 96 valence electrons. The van der Waals surface area contributed by atoms with Crippen molar-refractivity contribution in [2.24, 2.45) is 0 Å². The van der Waals surface area contributed by atoms with Crippen LogP contribution in [0.3, 0.4) is 0 Å². The topological polar surface area (TPSA) is 55.2 Å². The number of amides is 1. The van der Waals surface area contributed by atoms with Gasteiger partial charge in [0, 0.05) is 25.5 Å². The Labute approximate surface area is 114 Å². The van der Waals surface area contributed by atoms with Crippen molar-refractivity contribution in [3.63, 3.8) is 0 Å². The molecule has 1 aromatic carbocycles. The highest BCUT2D eigenvalue weighted by Gasteiger charge is 2.36. The third-order valence-electron chi connectivity index (χ3n) is 3.08. The average Bonchev–Trinajstić information content (AvgIpc) is 2.99. The van der Waals surface area contributed by atoms with Crippen LogP contribution in [0.2, 0.25) is 5.02 Å². The van der Waals surface area contributed by atoms with Gasteiger partial charge in [-0.25, -0.2) is 4.98 Å². The van der Waals surface area contributed by atoms with Crippen molar-refractivity contribution in [3.8, 4) is 0 Å². The molecule has 1 aliphatic rings. The molecule has 3 rings (SSSR count). The Kier molecular flexibility index (Phi) is 2.83. The maximum Gasteiger partial charge on any atom is 0.299 e. The highest BCUT2D eigenvalue weighted by atomic mass is 35.5. The molecule has 2 aromatic rings. The zero-order valence-electron chi connectivity index (χ0n) is 9.91. The summed E-state index contributed by atoms with van der Waals surface area (Å²) in [5.74, 6) is -1.02. The number of halogens is 1. The number of aromatic nitrogens is 2. The Balaban J connectivity index is 1.90. The number of anilines is 1. The van der Waals surface area contributed by atoms with Gasteiger partial charge in [0.2, 0.25) is 0 Å². The fourth-order valence-corrected chi connectivity index (χ4v) is 2.44. The molecule has 1 aromatic heterocycles. The number of imidazole rings is 1. The first-order valence-corrected chi connectivity index (χ1v) is 6.17. The molecule has 2 heterocycles. The van der Waals surface area contributed by atoms with Crippen LogP contribution < -0.4 is 4.90 Å². The van der Waals surface area contributed by atoms with E-state index in [2.05, 4.69) is 4.98 Å². The van der Waals surface area contributed by atoms with Crippen LogP contribution in [0.15, 0.2) is 36.9 Å². The second-order valence-electron chi connectivity index (χ2n) is 4.22. The number of rotatable bonds is 3. The number of ketones is 1. The van der Waals surface area contributed by atoms with E-state index in [4.69, 9.17) is 11.6 Å². The lowest BCUT2D eigenvalue weighted by molar-refractivity contribution is -0.114. The molecule has 0 unspecified atom stereocenters. The summed E-state index contributed by atoms with van der Waals surface area (Å²) in [5.41, 5.74) is 0.891. The summed E-state index contributed by atoms with van der Waals surface area (Å²) in [6.07, 6.45) is 5.13. The Morgan fingerprint density at radius 3 is 2.79 bits per heavy atom. The number of Topliss-reactive ketones (excluding diaryl/α,β-unsaturated/α-hetero) is 1. The first kappa shape index (κ1) is 11.9. The predicted octanol–water partition coefficient (Wildman–Crippen LogP) is 1.77. The lowest BCUT2D eigenvalue weighted by atomic mass is 10.1. The van der Waals surface area contributed by atoms with Crippen LogP contribution in [-0.4, -0.2) is 27.8 Å². The fraction of sp³-hybridized carbons (Fsp3) is 0.154. The smallest absolute Gasteiger partial charge is 0.299 e. The van der Waals surface area contributed by atoms with Crippen molar-refractivity contribution in [2.75, 3.05) is 11.4 Å². The molecule has 0 spiro atoms. The molecule has 0 radical (unpaired) electrons. The Bertz CT molecular complexity index is 652. The molecule has 0 saturated carbocycles. The van der Waals surface area contributed by atoms with Crippen LogP contribution in [0.1, 0.15) is 10.4 Å². The largest absolute Gasteiger partial charge is 0.336 e. The second-order valence-corrected chi connectivity index (χ2v) is 4.63. The van der Waals surface area contributed by atoms with E-state index in [0.29, 0.717) is 29.4 Å². The van der Waals surface area contributed by atoms with Gasteiger partial charge in [0.25, 0.3) is 11.7 Å². The quantitative estimate of drug-likeness (QED) is 0.802. The van der Waals surface area contributed by atoms with Crippen molar-refractivity contribution in [1.29, 1.82) is 0 Å². The molecule has 0 fully saturated rings. The Hall–Kier alpha value is -2.14. The molecule has 0 saturated heterocycles. The summed E-state index contributed by atoms with van der Waals surface area (Å²) < 4.78 is 1.84. The molecule has 0 atom stereocenters. The Morgan fingerprint density at radius 2 is 2.05 bits per heavy atom. The van der Waals surface area contributed by atoms with Crippen LogP contribution in [0.5, 0.6) is 0 Å². The van der Waals surface area contributed by atoms with E-state index in [1.54, 1.807) is 36.9 Å². The summed E-state index contributed by atoms with van der Waals surface area (Å²) in [5, 5.41) is 0.419. The van der Waals surface area contributed by atoms with E-state index in [1.807, 2.05) is 4.57 Å². The van der Waals surface area contributed by atoms with Crippen LogP contribution >= 0.6 is 11.6 Å². The van der Waals surface area contributed by atoms with Crippen molar-refractivity contribution in [2.45, 2.75) is 6.54 Å². The Morgan fingerprint density at radius 1 is 1.21 bits per heavy atom. The van der Waals surface area contributed by atoms with Gasteiger partial charge < -0.3 is 9.47 Å². The minimum atomic E-state index is -0.525. The van der Waals surface area contributed by atoms with Gasteiger partial charge in [-0.3, -0.25) is 9.59 Å². The molecule has 6 heteroatoms. The van der Waals surface area contributed by atoms with Gasteiger partial charge in [-0.05, 0) is 12.1 Å². The maximum atomic E-state index is 12.0. The van der Waals surface area contributed by atoms with E-state index in [9.17, 15) is 9.59 Å². The van der Waals surface area contributed by atoms with Crippen molar-refractivity contribution in [1.82, 2.24) is 9.55 Å². The highest BCUT2D eigenvalue weighted by Crippen LogP contribution is 2.35. The minimum absolute atomic E-state index is 0.378. The van der Waals surface area contributed by atoms with Gasteiger partial charge in [-0.1, -0.05) is 17.7 Å². The van der Waals surface area contributed by atoms with E-state index in [1.165, 1.54) is 4.90 Å². The van der Waals surface area contributed by atoms with Crippen molar-refractivity contribution in [3.05, 3.63) is 47.5 Å². The van der Waals surface area contributed by atoms with Crippen molar-refractivity contribution < 1.29 is 9.59 Å². The molecular weight excluding hydrogens is 266 g/mol. The molecule has 5 nitrogen and oxygen atoms in total. The number of carbonyl (C=O) groups is 2. The number of fused-ring (bicyclic) bond motifs is 1. The third kappa shape index (κ3) is 1.92. The van der Waals surface area contributed by atoms with Gasteiger partial charge in [0.05, 0.1) is 22.6 Å². The third-order valence-corrected chi connectivity index (χ3v) is 3.39. The molecule has 0 N–H and O–H groups in total. The van der Waals surface area contributed by atoms with Crippen LogP contribution in [0, 0.1) is 0 Å². The first-order chi connectivity index (χ1) is 9.18. The van der Waals surface area contributed by atoms with E-state index >= 15 is 0 Å². The van der Waals surface area contributed by atoms with Gasteiger partial charge in [0.15, 0.2) is 0 Å². The normalized spacial score (nSPS) is 14.1. The second kappa shape index (κ2) is 4.51. The predicted molar refractivity (Wildman–Crippen MR) is 70.4 cm³/mol. The fourth-order valence-electron chi connectivity index (χ4n) is 2.16. The van der Waals surface area contributed by atoms with Gasteiger partial charge in [-0.2, -0.15) is 0 Å². The zero-order valence-corrected chi connectivity index (χ0v) is 10.7. The standard InChI is InChI=1S/C13H10ClN3O2/c14-10-3-1-2-9-11(10)17(13(19)12(9)18)7-6-16-5-4-15-8-16/h1-5,8H,6-7H2. The van der Waals surface area contributed by atoms with Gasteiger partial charge in [0.1, 0.15) is 0 Å². The number of nitrogens with zero attached hydrogens (tertiary/aromatic N) is 3. The highest BCUT2D eigenvalue weighted by molar-refractivity contribution is 6.54. The summed E-state index contributed by atoms with van der Waals surface area (Å²) in [6, 6.07) is 4.97. The first-order valence-electron chi connectivity index (χ1n) is 5.79. The summed E-state index contributed by atoms with van der Waals surface area (Å²) in [4.78, 5) is 29.2. The maximum absolute atomic E-state index is 12.0.